The molecule has 0 unspecified atom stereocenters. The van der Waals surface area contributed by atoms with Crippen LogP contribution in [0.4, 0.5) is 5.69 Å². The highest BCUT2D eigenvalue weighted by Crippen LogP contribution is 2.39. The van der Waals surface area contributed by atoms with Gasteiger partial charge in [-0.15, -0.1) is 0 Å². The molecule has 1 aliphatic heterocycles. The molecule has 0 radical (unpaired) electrons. The number of nitro benzene ring substituents is 1. The molecule has 1 heterocycles. The minimum Gasteiger partial charge on any atom is -0.503 e. The second-order valence-electron chi connectivity index (χ2n) is 6.95. The summed E-state index contributed by atoms with van der Waals surface area (Å²) in [7, 11) is 0. The Kier molecular flexibility index (Phi) is 6.71. The average Bonchev–Trinajstić information content (AvgIpc) is 2.89. The predicted octanol–water partition coefficient (Wildman–Crippen LogP) is 4.10. The van der Waals surface area contributed by atoms with Crippen LogP contribution in [0.5, 0.6) is 0 Å². The molecule has 1 aromatic rings. The zero-order chi connectivity index (χ0) is 20.1. The van der Waals surface area contributed by atoms with Gasteiger partial charge in [0.05, 0.1) is 16.5 Å². The standard InChI is InChI=1S/C20H26N2O5/c1-4-6-8-14(5-2)12-21-18(17(13(3)23)19(24)20(21)25)15-9-7-10-16(11-15)22(26)27/h7,9-11,14,18,24H,4-6,8,12H2,1-3H3/t14-,18-/m0/s1. The Hall–Kier alpha value is -2.70. The van der Waals surface area contributed by atoms with E-state index < -0.39 is 28.4 Å². The Morgan fingerprint density at radius 3 is 2.63 bits per heavy atom. The van der Waals surface area contributed by atoms with E-state index in [9.17, 15) is 24.8 Å². The third-order valence-electron chi connectivity index (χ3n) is 5.08. The number of hydrogen-bond donors (Lipinski definition) is 1. The number of aliphatic hydroxyl groups is 1. The molecule has 1 aromatic carbocycles. The van der Waals surface area contributed by atoms with Gasteiger partial charge in [0.1, 0.15) is 0 Å². The minimum absolute atomic E-state index is 0.00541. The normalized spacial score (nSPS) is 18.1. The number of benzene rings is 1. The van der Waals surface area contributed by atoms with Crippen molar-refractivity contribution >= 4 is 17.4 Å². The van der Waals surface area contributed by atoms with E-state index in [4.69, 9.17) is 0 Å². The first-order chi connectivity index (χ1) is 12.8. The van der Waals surface area contributed by atoms with Crippen molar-refractivity contribution in [2.24, 2.45) is 5.92 Å². The topological polar surface area (TPSA) is 101 Å². The van der Waals surface area contributed by atoms with Crippen LogP contribution in [-0.4, -0.2) is 33.2 Å². The van der Waals surface area contributed by atoms with Crippen LogP contribution in [0, 0.1) is 16.0 Å². The van der Waals surface area contributed by atoms with Crippen LogP contribution >= 0.6 is 0 Å². The van der Waals surface area contributed by atoms with Crippen molar-refractivity contribution < 1.29 is 19.6 Å². The molecule has 2 rings (SSSR count). The monoisotopic (exact) mass is 374 g/mol. The molecule has 146 valence electrons. The first kappa shape index (κ1) is 20.6. The molecule has 0 aromatic heterocycles. The van der Waals surface area contributed by atoms with Crippen LogP contribution in [0.1, 0.15) is 58.1 Å². The molecule has 1 amide bonds. The number of Topliss-reactive ketones (excluding diaryl/α,β-unsaturated/α-hetero) is 1. The van der Waals surface area contributed by atoms with Gasteiger partial charge in [0.25, 0.3) is 11.6 Å². The fourth-order valence-electron chi connectivity index (χ4n) is 3.55. The number of carbonyl (C=O) groups excluding carboxylic acids is 2. The molecule has 0 aliphatic carbocycles. The maximum atomic E-state index is 12.7. The smallest absolute Gasteiger partial charge is 0.290 e. The van der Waals surface area contributed by atoms with Gasteiger partial charge in [-0.25, -0.2) is 0 Å². The number of amides is 1. The summed E-state index contributed by atoms with van der Waals surface area (Å²) in [5.74, 6) is -1.33. The van der Waals surface area contributed by atoms with Gasteiger partial charge in [0.2, 0.25) is 0 Å². The highest BCUT2D eigenvalue weighted by Gasteiger charge is 2.43. The van der Waals surface area contributed by atoms with Crippen molar-refractivity contribution in [2.75, 3.05) is 6.54 Å². The lowest BCUT2D eigenvalue weighted by Gasteiger charge is -2.30. The van der Waals surface area contributed by atoms with Crippen LogP contribution in [0.15, 0.2) is 35.6 Å². The molecule has 0 saturated heterocycles. The summed E-state index contributed by atoms with van der Waals surface area (Å²) in [5.41, 5.74) is 0.343. The summed E-state index contributed by atoms with van der Waals surface area (Å²) >= 11 is 0. The molecule has 2 atom stereocenters. The van der Waals surface area contributed by atoms with Gasteiger partial charge in [-0.3, -0.25) is 19.7 Å². The van der Waals surface area contributed by atoms with Gasteiger partial charge in [0.15, 0.2) is 11.5 Å². The van der Waals surface area contributed by atoms with Gasteiger partial charge >= 0.3 is 0 Å². The first-order valence-corrected chi connectivity index (χ1v) is 9.31. The molecular formula is C20H26N2O5. The number of aliphatic hydroxyl groups excluding tert-OH is 1. The Morgan fingerprint density at radius 1 is 1.37 bits per heavy atom. The summed E-state index contributed by atoms with van der Waals surface area (Å²) in [6.45, 7) is 5.83. The molecule has 1 aliphatic rings. The van der Waals surface area contributed by atoms with E-state index in [1.54, 1.807) is 6.07 Å². The number of nitro groups is 1. The molecule has 7 nitrogen and oxygen atoms in total. The lowest BCUT2D eigenvalue weighted by atomic mass is 9.94. The highest BCUT2D eigenvalue weighted by molar-refractivity contribution is 6.08. The fraction of sp³-hybridized carbons (Fsp3) is 0.500. The second kappa shape index (κ2) is 8.79. The van der Waals surface area contributed by atoms with E-state index in [0.717, 1.165) is 25.7 Å². The van der Waals surface area contributed by atoms with E-state index in [1.807, 2.05) is 6.92 Å². The summed E-state index contributed by atoms with van der Waals surface area (Å²) < 4.78 is 0. The number of hydrogen-bond acceptors (Lipinski definition) is 5. The SMILES string of the molecule is CCCC[C@H](CC)CN1C(=O)C(O)=C(C(C)=O)[C@@H]1c1cccc([N+](=O)[O-])c1. The number of nitrogens with zero attached hydrogens (tertiary/aromatic N) is 2. The average molecular weight is 374 g/mol. The Bertz CT molecular complexity index is 771. The van der Waals surface area contributed by atoms with E-state index in [0.29, 0.717) is 12.1 Å². The van der Waals surface area contributed by atoms with Crippen LogP contribution in [-0.2, 0) is 9.59 Å². The number of carbonyl (C=O) groups is 2. The van der Waals surface area contributed by atoms with Gasteiger partial charge in [-0.1, -0.05) is 45.2 Å². The van der Waals surface area contributed by atoms with Gasteiger partial charge in [-0.2, -0.15) is 0 Å². The van der Waals surface area contributed by atoms with E-state index in [2.05, 4.69) is 6.92 Å². The van der Waals surface area contributed by atoms with Gasteiger partial charge < -0.3 is 10.0 Å². The quantitative estimate of drug-likeness (QED) is 0.518. The van der Waals surface area contributed by atoms with Crippen molar-refractivity contribution in [2.45, 2.75) is 52.5 Å². The zero-order valence-corrected chi connectivity index (χ0v) is 16.0. The lowest BCUT2D eigenvalue weighted by molar-refractivity contribution is -0.384. The molecule has 0 saturated carbocycles. The van der Waals surface area contributed by atoms with Crippen molar-refractivity contribution in [1.29, 1.82) is 0 Å². The second-order valence-corrected chi connectivity index (χ2v) is 6.95. The van der Waals surface area contributed by atoms with Crippen LogP contribution in [0.2, 0.25) is 0 Å². The third kappa shape index (κ3) is 4.35. The maximum absolute atomic E-state index is 12.7. The molecule has 0 fully saturated rings. The van der Waals surface area contributed by atoms with Crippen molar-refractivity contribution in [3.05, 3.63) is 51.3 Å². The predicted molar refractivity (Wildman–Crippen MR) is 101 cm³/mol. The van der Waals surface area contributed by atoms with Crippen molar-refractivity contribution in [1.82, 2.24) is 4.90 Å². The Balaban J connectivity index is 2.45. The molecule has 0 bridgehead atoms. The molecule has 1 N–H and O–H groups in total. The van der Waals surface area contributed by atoms with Gasteiger partial charge in [0, 0.05) is 18.7 Å². The maximum Gasteiger partial charge on any atom is 0.290 e. The van der Waals surface area contributed by atoms with Crippen molar-refractivity contribution in [3.8, 4) is 0 Å². The largest absolute Gasteiger partial charge is 0.503 e. The number of non-ortho nitro benzene ring substituents is 1. The summed E-state index contributed by atoms with van der Waals surface area (Å²) in [6.07, 6.45) is 3.87. The molecular weight excluding hydrogens is 348 g/mol. The van der Waals surface area contributed by atoms with E-state index in [1.165, 1.54) is 30.0 Å². The fourth-order valence-corrected chi connectivity index (χ4v) is 3.55. The number of unbranched alkanes of at least 4 members (excludes halogenated alkanes) is 1. The van der Waals surface area contributed by atoms with Crippen LogP contribution in [0.25, 0.3) is 0 Å². The van der Waals surface area contributed by atoms with Crippen LogP contribution < -0.4 is 0 Å². The van der Waals surface area contributed by atoms with E-state index >= 15 is 0 Å². The Labute approximate surface area is 158 Å². The zero-order valence-electron chi connectivity index (χ0n) is 16.0. The summed E-state index contributed by atoms with van der Waals surface area (Å²) in [5, 5.41) is 21.4. The highest BCUT2D eigenvalue weighted by atomic mass is 16.6. The summed E-state index contributed by atoms with van der Waals surface area (Å²) in [6, 6.07) is 5.09. The molecule has 7 heteroatoms. The summed E-state index contributed by atoms with van der Waals surface area (Å²) in [4.78, 5) is 36.9. The van der Waals surface area contributed by atoms with Crippen molar-refractivity contribution in [3.63, 3.8) is 0 Å². The number of ketones is 1. The molecule has 27 heavy (non-hydrogen) atoms. The van der Waals surface area contributed by atoms with Gasteiger partial charge in [-0.05, 0) is 24.8 Å². The third-order valence-corrected chi connectivity index (χ3v) is 5.08. The minimum atomic E-state index is -0.800. The first-order valence-electron chi connectivity index (χ1n) is 9.31. The van der Waals surface area contributed by atoms with Crippen LogP contribution in [0.3, 0.4) is 0 Å². The molecule has 0 spiro atoms. The van der Waals surface area contributed by atoms with E-state index in [-0.39, 0.29) is 17.2 Å². The lowest BCUT2D eigenvalue weighted by Crippen LogP contribution is -2.35. The Morgan fingerprint density at radius 2 is 2.07 bits per heavy atom. The number of rotatable bonds is 9.